The molecule has 0 radical (unpaired) electrons. The van der Waals surface area contributed by atoms with Crippen molar-refractivity contribution in [3.8, 4) is 0 Å². The molecule has 1 heterocycles. The average molecular weight is 246 g/mol. The molecule has 3 rings (SSSR count). The molecule has 17 heavy (non-hydrogen) atoms. The van der Waals surface area contributed by atoms with Crippen LogP contribution in [0.15, 0.2) is 35.4 Å². The molecule has 1 spiro atoms. The summed E-state index contributed by atoms with van der Waals surface area (Å²) in [5, 5.41) is 5.72. The highest BCUT2D eigenvalue weighted by Gasteiger charge is 2.43. The van der Waals surface area contributed by atoms with Crippen LogP contribution in [0.2, 0.25) is 0 Å². The largest absolute Gasteiger partial charge is 0.292 e. The minimum atomic E-state index is 0.170. The summed E-state index contributed by atoms with van der Waals surface area (Å²) in [7, 11) is 0. The van der Waals surface area contributed by atoms with Gasteiger partial charge in [0.05, 0.1) is 0 Å². The molecule has 0 aromatic heterocycles. The molecule has 0 bridgehead atoms. The molecule has 3 heteroatoms. The summed E-state index contributed by atoms with van der Waals surface area (Å²) in [6.07, 6.45) is 5.24. The van der Waals surface area contributed by atoms with Crippen molar-refractivity contribution in [2.75, 3.05) is 0 Å². The van der Waals surface area contributed by atoms with Gasteiger partial charge in [0.25, 0.3) is 0 Å². The molecule has 2 aliphatic rings. The van der Waals surface area contributed by atoms with Crippen LogP contribution in [-0.2, 0) is 0 Å². The Balaban J connectivity index is 1.80. The highest BCUT2D eigenvalue weighted by Crippen LogP contribution is 2.46. The number of hydrogen-bond donors (Lipinski definition) is 1. The molecule has 2 atom stereocenters. The second-order valence-electron chi connectivity index (χ2n) is 5.03. The fourth-order valence-corrected chi connectivity index (χ4v) is 4.05. The summed E-state index contributed by atoms with van der Waals surface area (Å²) in [6, 6.07) is 10.5. The third-order valence-electron chi connectivity index (χ3n) is 3.88. The Bertz CT molecular complexity index is 429. The average Bonchev–Trinajstić information content (AvgIpc) is 2.80. The summed E-state index contributed by atoms with van der Waals surface area (Å²) in [4.78, 5) is 0.170. The van der Waals surface area contributed by atoms with Crippen molar-refractivity contribution < 1.29 is 0 Å². The first-order valence-electron chi connectivity index (χ1n) is 6.39. The smallest absolute Gasteiger partial charge is 0.126 e. The molecular weight excluding hydrogens is 228 g/mol. The van der Waals surface area contributed by atoms with E-state index in [2.05, 4.69) is 47.8 Å². The molecule has 1 fully saturated rings. The van der Waals surface area contributed by atoms with Crippen LogP contribution >= 0.6 is 11.8 Å². The van der Waals surface area contributed by atoms with E-state index in [1.54, 1.807) is 0 Å². The zero-order valence-electron chi connectivity index (χ0n) is 10.1. The van der Waals surface area contributed by atoms with Gasteiger partial charge in [0, 0.05) is 5.56 Å². The van der Waals surface area contributed by atoms with Gasteiger partial charge in [0.15, 0.2) is 0 Å². The van der Waals surface area contributed by atoms with Crippen molar-refractivity contribution >= 4 is 16.8 Å². The lowest BCUT2D eigenvalue weighted by atomic mass is 9.85. The number of rotatable bonds is 1. The normalized spacial score (nSPS) is 32.3. The number of thioether (sulfide) groups is 1. The summed E-state index contributed by atoms with van der Waals surface area (Å²) in [5.41, 5.74) is 4.66. The van der Waals surface area contributed by atoms with E-state index in [1.807, 2.05) is 11.8 Å². The molecule has 1 aliphatic heterocycles. The third-order valence-corrected chi connectivity index (χ3v) is 5.46. The number of hydrogen-bond acceptors (Lipinski definition) is 3. The van der Waals surface area contributed by atoms with Crippen LogP contribution in [0.4, 0.5) is 0 Å². The van der Waals surface area contributed by atoms with E-state index in [0.717, 1.165) is 5.04 Å². The molecule has 1 aromatic carbocycles. The van der Waals surface area contributed by atoms with Crippen LogP contribution in [-0.4, -0.2) is 9.91 Å². The standard InChI is InChI=1S/C14H18N2S/c1-11-7-5-6-10-14(11)16-15-13(17-14)12-8-3-2-4-9-12/h2-4,8-9,11,16H,5-7,10H2,1H3/t11-,14-/m1/s1. The first-order valence-corrected chi connectivity index (χ1v) is 7.21. The maximum atomic E-state index is 4.56. The highest BCUT2D eigenvalue weighted by atomic mass is 32.2. The van der Waals surface area contributed by atoms with E-state index in [0.29, 0.717) is 5.92 Å². The van der Waals surface area contributed by atoms with Crippen LogP contribution in [0.25, 0.3) is 0 Å². The molecule has 0 amide bonds. The van der Waals surface area contributed by atoms with Crippen LogP contribution in [0.3, 0.4) is 0 Å². The first-order chi connectivity index (χ1) is 8.30. The lowest BCUT2D eigenvalue weighted by Crippen LogP contribution is -2.44. The van der Waals surface area contributed by atoms with Gasteiger partial charge in [-0.2, -0.15) is 5.10 Å². The van der Waals surface area contributed by atoms with Gasteiger partial charge < -0.3 is 0 Å². The SMILES string of the molecule is C[C@@H]1CCCC[C@]12NN=C(c1ccccc1)S2. The molecule has 1 N–H and O–H groups in total. The number of hydrazone groups is 1. The van der Waals surface area contributed by atoms with Crippen LogP contribution in [0.5, 0.6) is 0 Å². The monoisotopic (exact) mass is 246 g/mol. The Hall–Kier alpha value is -0.960. The van der Waals surface area contributed by atoms with E-state index in [9.17, 15) is 0 Å². The summed E-state index contributed by atoms with van der Waals surface area (Å²) >= 11 is 1.93. The number of nitrogens with one attached hydrogen (secondary N) is 1. The second-order valence-corrected chi connectivity index (χ2v) is 6.35. The number of nitrogens with zero attached hydrogens (tertiary/aromatic N) is 1. The Morgan fingerprint density at radius 3 is 2.88 bits per heavy atom. The van der Waals surface area contributed by atoms with E-state index in [1.165, 1.54) is 31.2 Å². The van der Waals surface area contributed by atoms with Gasteiger partial charge in [-0.1, -0.05) is 61.9 Å². The lowest BCUT2D eigenvalue weighted by Gasteiger charge is -2.38. The topological polar surface area (TPSA) is 24.4 Å². The van der Waals surface area contributed by atoms with Crippen molar-refractivity contribution in [3.63, 3.8) is 0 Å². The van der Waals surface area contributed by atoms with Gasteiger partial charge >= 0.3 is 0 Å². The Kier molecular flexibility index (Phi) is 2.87. The van der Waals surface area contributed by atoms with Crippen LogP contribution < -0.4 is 5.43 Å². The fraction of sp³-hybridized carbons (Fsp3) is 0.500. The van der Waals surface area contributed by atoms with Crippen molar-refractivity contribution in [3.05, 3.63) is 35.9 Å². The van der Waals surface area contributed by atoms with Gasteiger partial charge in [-0.15, -0.1) is 0 Å². The summed E-state index contributed by atoms with van der Waals surface area (Å²) in [5.74, 6) is 0.700. The van der Waals surface area contributed by atoms with Crippen molar-refractivity contribution in [1.29, 1.82) is 0 Å². The molecular formula is C14H18N2S. The van der Waals surface area contributed by atoms with Gasteiger partial charge in [0.2, 0.25) is 0 Å². The Morgan fingerprint density at radius 2 is 2.12 bits per heavy atom. The predicted molar refractivity (Wildman–Crippen MR) is 74.1 cm³/mol. The van der Waals surface area contributed by atoms with Crippen LogP contribution in [0.1, 0.15) is 38.2 Å². The highest BCUT2D eigenvalue weighted by molar-refractivity contribution is 8.15. The maximum absolute atomic E-state index is 4.56. The summed E-state index contributed by atoms with van der Waals surface area (Å²) in [6.45, 7) is 2.35. The molecule has 1 aliphatic carbocycles. The quantitative estimate of drug-likeness (QED) is 0.819. The van der Waals surface area contributed by atoms with Crippen molar-refractivity contribution in [2.24, 2.45) is 11.0 Å². The molecule has 1 saturated carbocycles. The molecule has 0 saturated heterocycles. The molecule has 1 aromatic rings. The molecule has 90 valence electrons. The second kappa shape index (κ2) is 4.37. The fourth-order valence-electron chi connectivity index (χ4n) is 2.70. The predicted octanol–water partition coefficient (Wildman–Crippen LogP) is 3.59. The van der Waals surface area contributed by atoms with Gasteiger partial charge in [-0.05, 0) is 18.8 Å². The zero-order valence-corrected chi connectivity index (χ0v) is 11.0. The Morgan fingerprint density at radius 1 is 1.29 bits per heavy atom. The summed E-state index contributed by atoms with van der Waals surface area (Å²) < 4.78 is 0. The maximum Gasteiger partial charge on any atom is 0.126 e. The Labute approximate surface area is 107 Å². The van der Waals surface area contributed by atoms with E-state index >= 15 is 0 Å². The van der Waals surface area contributed by atoms with Crippen LogP contribution in [0, 0.1) is 5.92 Å². The van der Waals surface area contributed by atoms with Crippen molar-refractivity contribution in [2.45, 2.75) is 37.5 Å². The van der Waals surface area contributed by atoms with E-state index in [-0.39, 0.29) is 4.87 Å². The third kappa shape index (κ3) is 1.97. The zero-order chi connectivity index (χ0) is 11.7. The van der Waals surface area contributed by atoms with E-state index in [4.69, 9.17) is 0 Å². The van der Waals surface area contributed by atoms with Crippen molar-refractivity contribution in [1.82, 2.24) is 5.43 Å². The van der Waals surface area contributed by atoms with Gasteiger partial charge in [-0.3, -0.25) is 5.43 Å². The van der Waals surface area contributed by atoms with Gasteiger partial charge in [0.1, 0.15) is 9.91 Å². The molecule has 0 unspecified atom stereocenters. The van der Waals surface area contributed by atoms with Gasteiger partial charge in [-0.25, -0.2) is 0 Å². The lowest BCUT2D eigenvalue weighted by molar-refractivity contribution is 0.257. The first kappa shape index (κ1) is 11.1. The number of benzene rings is 1. The minimum absolute atomic E-state index is 0.170. The van der Waals surface area contributed by atoms with E-state index < -0.39 is 0 Å². The molecule has 2 nitrogen and oxygen atoms in total. The minimum Gasteiger partial charge on any atom is -0.292 e.